The quantitative estimate of drug-likeness (QED) is 0.725. The minimum absolute atomic E-state index is 0.289. The number of nitrogens with zero attached hydrogens (tertiary/aromatic N) is 2. The Labute approximate surface area is 131 Å². The summed E-state index contributed by atoms with van der Waals surface area (Å²) >= 11 is 3.50. The SMILES string of the molecule is Cc1ccc(O)c(-c2nc3cc(Br)ccc3n2C2CC2)c1. The second-order valence-corrected chi connectivity index (χ2v) is 6.61. The van der Waals surface area contributed by atoms with E-state index in [0.29, 0.717) is 6.04 Å². The van der Waals surface area contributed by atoms with Crippen molar-refractivity contribution >= 4 is 27.0 Å². The number of imidazole rings is 1. The molecule has 1 aliphatic rings. The van der Waals surface area contributed by atoms with Gasteiger partial charge in [-0.1, -0.05) is 27.6 Å². The van der Waals surface area contributed by atoms with Crippen LogP contribution in [-0.2, 0) is 0 Å². The third-order valence-electron chi connectivity index (χ3n) is 3.96. The first-order valence-corrected chi connectivity index (χ1v) is 7.90. The Bertz CT molecular complexity index is 849. The highest BCUT2D eigenvalue weighted by Crippen LogP contribution is 2.43. The van der Waals surface area contributed by atoms with Crippen molar-refractivity contribution in [2.45, 2.75) is 25.8 Å². The van der Waals surface area contributed by atoms with Gasteiger partial charge in [0.05, 0.1) is 16.6 Å². The molecule has 1 aromatic heterocycles. The van der Waals surface area contributed by atoms with Crippen LogP contribution in [0, 0.1) is 6.92 Å². The van der Waals surface area contributed by atoms with Crippen LogP contribution in [0.5, 0.6) is 5.75 Å². The molecular formula is C17H15BrN2O. The van der Waals surface area contributed by atoms with Crippen LogP contribution < -0.4 is 0 Å². The van der Waals surface area contributed by atoms with Crippen LogP contribution >= 0.6 is 15.9 Å². The molecule has 3 aromatic rings. The summed E-state index contributed by atoms with van der Waals surface area (Å²) in [6.45, 7) is 2.03. The highest BCUT2D eigenvalue weighted by molar-refractivity contribution is 9.10. The molecule has 21 heavy (non-hydrogen) atoms. The molecule has 1 saturated carbocycles. The van der Waals surface area contributed by atoms with Gasteiger partial charge in [-0.2, -0.15) is 0 Å². The van der Waals surface area contributed by atoms with Crippen molar-refractivity contribution in [2.75, 3.05) is 0 Å². The number of fused-ring (bicyclic) bond motifs is 1. The van der Waals surface area contributed by atoms with Gasteiger partial charge in [-0.15, -0.1) is 0 Å². The van der Waals surface area contributed by atoms with Gasteiger partial charge in [0.25, 0.3) is 0 Å². The van der Waals surface area contributed by atoms with Crippen molar-refractivity contribution in [3.05, 3.63) is 46.4 Å². The monoisotopic (exact) mass is 342 g/mol. The molecule has 106 valence electrons. The summed E-state index contributed by atoms with van der Waals surface area (Å²) in [4.78, 5) is 4.78. The number of phenolic OH excluding ortho intramolecular Hbond substituents is 1. The van der Waals surface area contributed by atoms with Crippen molar-refractivity contribution in [3.63, 3.8) is 0 Å². The topological polar surface area (TPSA) is 38.1 Å². The van der Waals surface area contributed by atoms with E-state index < -0.39 is 0 Å². The lowest BCUT2D eigenvalue weighted by Gasteiger charge is -2.09. The van der Waals surface area contributed by atoms with Crippen LogP contribution in [0.25, 0.3) is 22.4 Å². The summed E-state index contributed by atoms with van der Waals surface area (Å²) < 4.78 is 3.30. The lowest BCUT2D eigenvalue weighted by molar-refractivity contribution is 0.476. The summed E-state index contributed by atoms with van der Waals surface area (Å²) in [5.74, 6) is 1.16. The Morgan fingerprint density at radius 1 is 1.19 bits per heavy atom. The molecule has 0 unspecified atom stereocenters. The van der Waals surface area contributed by atoms with Gasteiger partial charge >= 0.3 is 0 Å². The minimum Gasteiger partial charge on any atom is -0.507 e. The van der Waals surface area contributed by atoms with Gasteiger partial charge in [-0.3, -0.25) is 0 Å². The Kier molecular flexibility index (Phi) is 2.82. The smallest absolute Gasteiger partial charge is 0.145 e. The normalized spacial score (nSPS) is 14.8. The van der Waals surface area contributed by atoms with E-state index >= 15 is 0 Å². The molecule has 1 N–H and O–H groups in total. The third kappa shape index (κ3) is 2.14. The van der Waals surface area contributed by atoms with E-state index in [4.69, 9.17) is 4.98 Å². The highest BCUT2D eigenvalue weighted by Gasteiger charge is 2.29. The largest absolute Gasteiger partial charge is 0.507 e. The molecular weight excluding hydrogens is 328 g/mol. The predicted molar refractivity (Wildman–Crippen MR) is 87.5 cm³/mol. The van der Waals surface area contributed by atoms with E-state index in [1.165, 1.54) is 12.8 Å². The van der Waals surface area contributed by atoms with Gasteiger partial charge in [-0.05, 0) is 50.1 Å². The van der Waals surface area contributed by atoms with Crippen molar-refractivity contribution in [1.82, 2.24) is 9.55 Å². The maximum Gasteiger partial charge on any atom is 0.145 e. The van der Waals surface area contributed by atoms with Gasteiger partial charge in [0, 0.05) is 10.5 Å². The Hall–Kier alpha value is -1.81. The molecule has 4 rings (SSSR count). The fourth-order valence-corrected chi connectivity index (χ4v) is 3.14. The average molecular weight is 343 g/mol. The molecule has 2 aromatic carbocycles. The molecule has 0 amide bonds. The summed E-state index contributed by atoms with van der Waals surface area (Å²) in [7, 11) is 0. The fraction of sp³-hybridized carbons (Fsp3) is 0.235. The Morgan fingerprint density at radius 2 is 2.00 bits per heavy atom. The summed E-state index contributed by atoms with van der Waals surface area (Å²) in [6.07, 6.45) is 2.36. The van der Waals surface area contributed by atoms with E-state index in [9.17, 15) is 5.11 Å². The van der Waals surface area contributed by atoms with Crippen LogP contribution in [0.4, 0.5) is 0 Å². The first kappa shape index (κ1) is 12.9. The zero-order chi connectivity index (χ0) is 14.6. The van der Waals surface area contributed by atoms with Crippen LogP contribution in [0.3, 0.4) is 0 Å². The number of halogens is 1. The van der Waals surface area contributed by atoms with Gasteiger partial charge in [0.2, 0.25) is 0 Å². The lowest BCUT2D eigenvalue weighted by Crippen LogP contribution is -1.97. The molecule has 0 radical (unpaired) electrons. The maximum atomic E-state index is 10.2. The zero-order valence-corrected chi connectivity index (χ0v) is 13.3. The van der Waals surface area contributed by atoms with Crippen LogP contribution in [-0.4, -0.2) is 14.7 Å². The fourth-order valence-electron chi connectivity index (χ4n) is 2.79. The highest BCUT2D eigenvalue weighted by atomic mass is 79.9. The molecule has 0 bridgehead atoms. The number of phenols is 1. The first-order chi connectivity index (χ1) is 10.1. The number of hydrogen-bond acceptors (Lipinski definition) is 2. The van der Waals surface area contributed by atoms with E-state index in [2.05, 4.69) is 26.6 Å². The number of aryl methyl sites for hydroxylation is 1. The summed E-state index contributed by atoms with van der Waals surface area (Å²) in [5, 5.41) is 10.2. The molecule has 1 aliphatic carbocycles. The molecule has 0 saturated heterocycles. The molecule has 3 nitrogen and oxygen atoms in total. The van der Waals surface area contributed by atoms with Gasteiger partial charge in [0.1, 0.15) is 11.6 Å². The zero-order valence-electron chi connectivity index (χ0n) is 11.7. The van der Waals surface area contributed by atoms with E-state index in [1.807, 2.05) is 31.2 Å². The van der Waals surface area contributed by atoms with E-state index in [-0.39, 0.29) is 5.75 Å². The number of aromatic nitrogens is 2. The van der Waals surface area contributed by atoms with Gasteiger partial charge in [0.15, 0.2) is 0 Å². The minimum atomic E-state index is 0.289. The number of rotatable bonds is 2. The van der Waals surface area contributed by atoms with Gasteiger partial charge in [-0.25, -0.2) is 4.98 Å². The van der Waals surface area contributed by atoms with Crippen molar-refractivity contribution in [3.8, 4) is 17.1 Å². The van der Waals surface area contributed by atoms with Crippen LogP contribution in [0.2, 0.25) is 0 Å². The van der Waals surface area contributed by atoms with Crippen LogP contribution in [0.1, 0.15) is 24.4 Å². The van der Waals surface area contributed by atoms with Crippen LogP contribution in [0.15, 0.2) is 40.9 Å². The average Bonchev–Trinajstić information content (AvgIpc) is 3.22. The Balaban J connectivity index is 2.03. The van der Waals surface area contributed by atoms with E-state index in [1.54, 1.807) is 6.07 Å². The van der Waals surface area contributed by atoms with E-state index in [0.717, 1.165) is 32.5 Å². The molecule has 4 heteroatoms. The second kappa shape index (κ2) is 4.60. The first-order valence-electron chi connectivity index (χ1n) is 7.11. The number of hydrogen-bond donors (Lipinski definition) is 1. The standard InChI is InChI=1S/C17H15BrN2O/c1-10-2-7-16(21)13(8-10)17-19-14-9-11(18)3-6-15(14)20(17)12-4-5-12/h2-3,6-9,12,21H,4-5H2,1H3. The maximum absolute atomic E-state index is 10.2. The predicted octanol–water partition coefficient (Wildman–Crippen LogP) is 4.81. The van der Waals surface area contributed by atoms with Gasteiger partial charge < -0.3 is 9.67 Å². The molecule has 0 aliphatic heterocycles. The van der Waals surface area contributed by atoms with Crippen molar-refractivity contribution in [2.24, 2.45) is 0 Å². The molecule has 0 atom stereocenters. The van der Waals surface area contributed by atoms with Crippen molar-refractivity contribution < 1.29 is 5.11 Å². The lowest BCUT2D eigenvalue weighted by atomic mass is 10.1. The summed E-state index contributed by atoms with van der Waals surface area (Å²) in [5.41, 5.74) is 4.04. The molecule has 1 heterocycles. The summed E-state index contributed by atoms with van der Waals surface area (Å²) in [6, 6.07) is 12.3. The number of aromatic hydroxyl groups is 1. The Morgan fingerprint density at radius 3 is 2.76 bits per heavy atom. The number of benzene rings is 2. The second-order valence-electron chi connectivity index (χ2n) is 5.69. The molecule has 0 spiro atoms. The molecule has 1 fully saturated rings. The van der Waals surface area contributed by atoms with Crippen molar-refractivity contribution in [1.29, 1.82) is 0 Å². The third-order valence-corrected chi connectivity index (χ3v) is 4.45.